The van der Waals surface area contributed by atoms with Crippen molar-refractivity contribution in [3.63, 3.8) is 0 Å². The average molecular weight is 984 g/mol. The summed E-state index contributed by atoms with van der Waals surface area (Å²) in [6.45, 7) is 1.12. The first-order chi connectivity index (χ1) is 34.0. The summed E-state index contributed by atoms with van der Waals surface area (Å²) in [6.07, 6.45) is 2.42. The minimum absolute atomic E-state index is 0.00824. The average Bonchev–Trinajstić information content (AvgIpc) is 3.74. The molecule has 71 heavy (non-hydrogen) atoms. The molecule has 0 aliphatic carbocycles. The van der Waals surface area contributed by atoms with Crippen molar-refractivity contribution in [3.8, 4) is 5.75 Å². The number of hydrogen-bond donors (Lipinski definition) is 13. The minimum atomic E-state index is -1.71. The number of para-hydroxylation sites is 1. The summed E-state index contributed by atoms with van der Waals surface area (Å²) in [5.41, 5.74) is 19.6. The molecule has 4 rings (SSSR count). The lowest BCUT2D eigenvalue weighted by atomic mass is 10.0. The molecule has 6 atom stereocenters. The summed E-state index contributed by atoms with van der Waals surface area (Å²) in [5.74, 6) is -7.89. The van der Waals surface area contributed by atoms with Gasteiger partial charge < -0.3 is 69.6 Å². The molecule has 0 aliphatic heterocycles. The number of unbranched alkanes of at least 4 members (excludes halogenated alkanes) is 2. The second-order valence-corrected chi connectivity index (χ2v) is 17.0. The number of nitrogens with one attached hydrogen (secondary N) is 8. The van der Waals surface area contributed by atoms with Crippen molar-refractivity contribution in [2.24, 2.45) is 17.2 Å². The van der Waals surface area contributed by atoms with Gasteiger partial charge in [0.05, 0.1) is 13.0 Å². The quantitative estimate of drug-likeness (QED) is 0.0284. The Morgan fingerprint density at radius 1 is 0.563 bits per heavy atom. The van der Waals surface area contributed by atoms with Crippen LogP contribution in [0.5, 0.6) is 5.75 Å². The van der Waals surface area contributed by atoms with Crippen LogP contribution in [0.25, 0.3) is 10.9 Å². The number of carbonyl (C=O) groups is 9. The lowest BCUT2D eigenvalue weighted by molar-refractivity contribution is -0.141. The second kappa shape index (κ2) is 28.6. The van der Waals surface area contributed by atoms with E-state index in [9.17, 15) is 53.4 Å². The number of carbonyl (C=O) groups excluding carboxylic acids is 8. The normalized spacial score (nSPS) is 13.5. The van der Waals surface area contributed by atoms with Gasteiger partial charge in [-0.2, -0.15) is 0 Å². The fraction of sp³-hybridized carbons (Fsp3) is 0.408. The number of aliphatic carboxylic acids is 1. The number of aromatic nitrogens is 1. The zero-order valence-electron chi connectivity index (χ0n) is 39.5. The molecule has 1 heterocycles. The maximum Gasteiger partial charge on any atom is 0.305 e. The number of fused-ring (bicyclic) bond motifs is 1. The number of amides is 8. The van der Waals surface area contributed by atoms with E-state index in [0.29, 0.717) is 48.9 Å². The van der Waals surface area contributed by atoms with Crippen LogP contribution in [0.15, 0.2) is 85.1 Å². The third-order valence-corrected chi connectivity index (χ3v) is 11.4. The molecule has 0 fully saturated rings. The number of phenolic OH excluding ortho intramolecular Hbond substituents is 1. The number of rotatable bonds is 30. The Labute approximate surface area is 410 Å². The number of phenols is 1. The van der Waals surface area contributed by atoms with Crippen molar-refractivity contribution in [2.45, 2.75) is 107 Å². The molecule has 0 aliphatic rings. The van der Waals surface area contributed by atoms with Crippen molar-refractivity contribution in [2.75, 3.05) is 19.6 Å². The molecule has 0 saturated carbocycles. The zero-order valence-corrected chi connectivity index (χ0v) is 39.5. The third kappa shape index (κ3) is 18.9. The van der Waals surface area contributed by atoms with Crippen LogP contribution in [0.3, 0.4) is 0 Å². The molecule has 16 N–H and O–H groups in total. The Morgan fingerprint density at radius 2 is 1.07 bits per heavy atom. The lowest BCUT2D eigenvalue weighted by Crippen LogP contribution is -2.59. The summed E-state index contributed by atoms with van der Waals surface area (Å²) in [7, 11) is 0. The standard InChI is InChI=1S/C49H65N11O11/c1-29(61)55-39(24-31-17-19-33(62)20-18-31)47(69)57-36(15-7-9-21-50)45(67)54-28-42(63)56-40(25-32-27-53-35-14-6-5-13-34(32)35)48(70)58-37(16-8-10-22-51)46(68)60-41(26-43(64)65)49(71)59-38(44(52)66)23-30-11-3-2-4-12-30/h2-6,11-14,17-20,27,36-41,53,62H,7-10,15-16,21-26,28,50-51H2,1H3,(H2,52,66)(H,54,67)(H,55,61)(H,56,63)(H,57,69)(H,58,70)(H,59,71)(H,60,68)(H,64,65)/t36-,37-,38-,39-,40-,41-/m0/s1. The maximum atomic E-state index is 14.3. The molecule has 22 nitrogen and oxygen atoms in total. The Hall–Kier alpha value is -7.85. The summed E-state index contributed by atoms with van der Waals surface area (Å²) in [5, 5.41) is 38.1. The number of hydrogen-bond acceptors (Lipinski definition) is 12. The van der Waals surface area contributed by atoms with Crippen LogP contribution in [0, 0.1) is 0 Å². The highest BCUT2D eigenvalue weighted by molar-refractivity contribution is 5.98. The van der Waals surface area contributed by atoms with E-state index < -0.39 is 102 Å². The van der Waals surface area contributed by atoms with Crippen molar-refractivity contribution in [1.29, 1.82) is 0 Å². The van der Waals surface area contributed by atoms with Crippen molar-refractivity contribution in [3.05, 3.63) is 102 Å². The van der Waals surface area contributed by atoms with Gasteiger partial charge in [-0.3, -0.25) is 43.2 Å². The summed E-state index contributed by atoms with van der Waals surface area (Å²) in [6, 6.07) is 13.8. The van der Waals surface area contributed by atoms with Crippen LogP contribution in [0.4, 0.5) is 0 Å². The van der Waals surface area contributed by atoms with Gasteiger partial charge in [-0.1, -0.05) is 60.7 Å². The third-order valence-electron chi connectivity index (χ3n) is 11.4. The Morgan fingerprint density at radius 3 is 1.66 bits per heavy atom. The number of aromatic amines is 1. The highest BCUT2D eigenvalue weighted by atomic mass is 16.4. The number of primary amides is 1. The zero-order chi connectivity index (χ0) is 51.9. The van der Waals surface area contributed by atoms with Crippen LogP contribution < -0.4 is 54.4 Å². The molecular formula is C49H65N11O11. The molecular weight excluding hydrogens is 919 g/mol. The predicted molar refractivity (Wildman–Crippen MR) is 261 cm³/mol. The van der Waals surface area contributed by atoms with Gasteiger partial charge in [-0.15, -0.1) is 0 Å². The first kappa shape index (κ1) is 55.7. The number of nitrogens with two attached hydrogens (primary N) is 3. The molecule has 382 valence electrons. The summed E-state index contributed by atoms with van der Waals surface area (Å²) >= 11 is 0. The molecule has 0 saturated heterocycles. The first-order valence-corrected chi connectivity index (χ1v) is 23.3. The van der Waals surface area contributed by atoms with E-state index in [0.717, 1.165) is 10.9 Å². The Balaban J connectivity index is 1.53. The van der Waals surface area contributed by atoms with Crippen LogP contribution in [-0.2, 0) is 62.4 Å². The number of aromatic hydroxyl groups is 1. The van der Waals surface area contributed by atoms with E-state index in [1.807, 2.05) is 6.07 Å². The van der Waals surface area contributed by atoms with E-state index in [4.69, 9.17) is 17.2 Å². The van der Waals surface area contributed by atoms with Crippen LogP contribution in [-0.4, -0.2) is 124 Å². The SMILES string of the molecule is CC(=O)N[C@@H](Cc1ccc(O)cc1)C(=O)N[C@@H](CCCCN)C(=O)NCC(=O)N[C@@H](Cc1c[nH]c2ccccc12)C(=O)N[C@@H](CCCCN)C(=O)N[C@@H](CC(=O)O)C(=O)N[C@@H](Cc1ccccc1)C(N)=O. The molecule has 0 radical (unpaired) electrons. The van der Waals surface area contributed by atoms with E-state index in [1.54, 1.807) is 66.9 Å². The van der Waals surface area contributed by atoms with Gasteiger partial charge in [0.1, 0.15) is 42.0 Å². The Kier molecular flexibility index (Phi) is 22.5. The molecule has 8 amide bonds. The van der Waals surface area contributed by atoms with Crippen LogP contribution >= 0.6 is 0 Å². The fourth-order valence-corrected chi connectivity index (χ4v) is 7.66. The molecule has 1 aromatic heterocycles. The van der Waals surface area contributed by atoms with E-state index in [-0.39, 0.29) is 44.4 Å². The van der Waals surface area contributed by atoms with E-state index in [2.05, 4.69) is 42.2 Å². The van der Waals surface area contributed by atoms with Gasteiger partial charge in [0.15, 0.2) is 0 Å². The molecule has 22 heteroatoms. The van der Waals surface area contributed by atoms with Gasteiger partial charge in [0.2, 0.25) is 47.3 Å². The maximum absolute atomic E-state index is 14.3. The number of benzene rings is 3. The predicted octanol–water partition coefficient (Wildman–Crippen LogP) is -0.836. The first-order valence-electron chi connectivity index (χ1n) is 23.3. The smallest absolute Gasteiger partial charge is 0.305 e. The Bertz CT molecular complexity index is 2450. The topological polar surface area (TPSA) is 372 Å². The largest absolute Gasteiger partial charge is 0.508 e. The fourth-order valence-electron chi connectivity index (χ4n) is 7.66. The van der Waals surface area contributed by atoms with Crippen LogP contribution in [0.2, 0.25) is 0 Å². The van der Waals surface area contributed by atoms with E-state index in [1.165, 1.54) is 19.1 Å². The second-order valence-electron chi connectivity index (χ2n) is 17.0. The molecule has 3 aromatic carbocycles. The molecule has 4 aromatic rings. The van der Waals surface area contributed by atoms with Gasteiger partial charge in [-0.25, -0.2) is 0 Å². The lowest BCUT2D eigenvalue weighted by Gasteiger charge is -2.26. The number of carboxylic acid groups (broad SMARTS) is 1. The van der Waals surface area contributed by atoms with Gasteiger partial charge in [-0.05, 0) is 86.5 Å². The van der Waals surface area contributed by atoms with Gasteiger partial charge >= 0.3 is 5.97 Å². The molecule has 0 unspecified atom stereocenters. The highest BCUT2D eigenvalue weighted by Crippen LogP contribution is 2.20. The monoisotopic (exact) mass is 983 g/mol. The van der Waals surface area contributed by atoms with Gasteiger partial charge in [0.25, 0.3) is 0 Å². The van der Waals surface area contributed by atoms with Crippen molar-refractivity contribution < 1.29 is 53.4 Å². The molecule has 0 spiro atoms. The van der Waals surface area contributed by atoms with Crippen molar-refractivity contribution in [1.82, 2.24) is 42.2 Å². The highest BCUT2D eigenvalue weighted by Gasteiger charge is 2.33. The van der Waals surface area contributed by atoms with E-state index >= 15 is 0 Å². The summed E-state index contributed by atoms with van der Waals surface area (Å²) < 4.78 is 0. The van der Waals surface area contributed by atoms with Crippen molar-refractivity contribution >= 4 is 64.1 Å². The minimum Gasteiger partial charge on any atom is -0.508 e. The number of carboxylic acids is 1. The van der Waals surface area contributed by atoms with Gasteiger partial charge in [0, 0.05) is 43.3 Å². The van der Waals surface area contributed by atoms with Crippen LogP contribution in [0.1, 0.15) is 68.6 Å². The summed E-state index contributed by atoms with van der Waals surface area (Å²) in [4.78, 5) is 122. The number of H-pyrrole nitrogens is 1. The molecule has 0 bridgehead atoms.